The molecule has 0 radical (unpaired) electrons. The number of nitrogens with one attached hydrogen (secondary N) is 10. The van der Waals surface area contributed by atoms with Gasteiger partial charge in [-0.2, -0.15) is 0 Å². The van der Waals surface area contributed by atoms with E-state index in [1.54, 1.807) is 37.4 Å². The average Bonchev–Trinajstić information content (AvgIpc) is 2.38. The van der Waals surface area contributed by atoms with Crippen molar-refractivity contribution >= 4 is 94.5 Å². The third kappa shape index (κ3) is 21.8. The number of amides is 10. The zero-order valence-corrected chi connectivity index (χ0v) is 49.0. The molecule has 0 spiro atoms. The number of aliphatic imine (C=N–C) groups is 3. The molecule has 17 N–H and O–H groups in total. The number of nitrogens with two attached hydrogens (primary N) is 2. The molecule has 87 heavy (non-hydrogen) atoms. The quantitative estimate of drug-likeness (QED) is 0.0181. The van der Waals surface area contributed by atoms with Gasteiger partial charge in [0.25, 0.3) is 5.97 Å². The highest BCUT2D eigenvalue weighted by molar-refractivity contribution is 5.99. The fourth-order valence-corrected chi connectivity index (χ4v) is 9.86. The van der Waals surface area contributed by atoms with Crippen LogP contribution in [0.3, 0.4) is 0 Å². The van der Waals surface area contributed by atoms with E-state index in [4.69, 9.17) is 21.4 Å². The number of benzene rings is 2. The van der Waals surface area contributed by atoms with Crippen molar-refractivity contribution in [3.05, 3.63) is 65.9 Å². The van der Waals surface area contributed by atoms with Crippen LogP contribution in [0.5, 0.6) is 5.75 Å². The molecule has 2 saturated heterocycles. The van der Waals surface area contributed by atoms with Crippen molar-refractivity contribution in [3.8, 4) is 5.75 Å². The number of likely N-dealkylation sites (N-methyl/N-ethyl adjacent to an activating group) is 1. The maximum absolute atomic E-state index is 14.4. The van der Waals surface area contributed by atoms with Gasteiger partial charge in [0.1, 0.15) is 60.4 Å². The van der Waals surface area contributed by atoms with Gasteiger partial charge in [-0.05, 0) is 80.7 Å². The molecular weight excluding hydrogens is 1130 g/mol. The van der Waals surface area contributed by atoms with E-state index in [2.05, 4.69) is 67.8 Å². The Hall–Kier alpha value is -9.48. The van der Waals surface area contributed by atoms with Crippen LogP contribution in [0.15, 0.2) is 69.7 Å². The van der Waals surface area contributed by atoms with Crippen LogP contribution in [0.4, 0.5) is 0 Å². The number of fused-ring (bicyclic) bond motifs is 1. The zero-order chi connectivity index (χ0) is 63.7. The standard InChI is InChI=1S/C55H76N16O12.C2H4O2/c1-4-59-53(82)44-12-8-20-71(44)54(83)38(11-7-19-60-55(56)57)66-49(78)39(21-30(2)3)65-46(75)27-62-47(76)40(22-31-13-15-34(73)16-14-31)67-52(81)43(28-72)70-50(79)41(23-32-25-61-36-10-6-5-9-35(32)36)68-51(80)42(24-33-26-58-29-63-33)69-48(77)37-17-18-45(74)64-37;1-2(3)4/h5-6,9-10,13-16,25-26,29-30,33,37-44,61,72-73H,4,7-8,11-12,17-24,27-28H2,1-3H3,(H,59,82)(H,62,76)(H,64,74)(H,65,75)(H,66,78)(H,67,81)(H,68,80)(H,69,77)(H,70,79)(H4,56,57,60);1H3,(H,3,4). The molecule has 3 aromatic rings. The number of aromatic hydroxyl groups is 1. The molecule has 4 heterocycles. The van der Waals surface area contributed by atoms with E-state index in [9.17, 15) is 58.2 Å². The summed E-state index contributed by atoms with van der Waals surface area (Å²) in [4.78, 5) is 163. The second-order valence-electron chi connectivity index (χ2n) is 21.5. The van der Waals surface area contributed by atoms with Crippen LogP contribution in [0.2, 0.25) is 0 Å². The summed E-state index contributed by atoms with van der Waals surface area (Å²) in [5.74, 6) is -8.25. The first-order valence-corrected chi connectivity index (χ1v) is 28.7. The fraction of sp³-hybridized carbons (Fsp3) is 0.509. The number of aliphatic carboxylic acids is 1. The molecule has 10 amide bonds. The minimum absolute atomic E-state index is 0.0740. The summed E-state index contributed by atoms with van der Waals surface area (Å²) >= 11 is 0. The number of carbonyl (C=O) groups excluding carboxylic acids is 10. The second-order valence-corrected chi connectivity index (χ2v) is 21.5. The number of aliphatic hydroxyl groups excluding tert-OH is 1. The Morgan fingerprint density at radius 2 is 1.43 bits per heavy atom. The van der Waals surface area contributed by atoms with Crippen LogP contribution in [0, 0.1) is 5.92 Å². The predicted octanol–water partition coefficient (Wildman–Crippen LogP) is -2.86. The number of phenols is 1. The number of guanidine groups is 1. The van der Waals surface area contributed by atoms with Gasteiger partial charge in [-0.1, -0.05) is 44.2 Å². The van der Waals surface area contributed by atoms with E-state index in [-0.39, 0.29) is 93.9 Å². The van der Waals surface area contributed by atoms with Crippen LogP contribution in [0.25, 0.3) is 10.9 Å². The minimum atomic E-state index is -1.74. The molecule has 6 rings (SSSR count). The van der Waals surface area contributed by atoms with Crippen molar-refractivity contribution in [1.82, 2.24) is 57.7 Å². The van der Waals surface area contributed by atoms with Crippen molar-refractivity contribution in [3.63, 3.8) is 0 Å². The molecule has 0 aliphatic carbocycles. The average molecular weight is 1210 g/mol. The van der Waals surface area contributed by atoms with Crippen LogP contribution in [-0.4, -0.2) is 196 Å². The Bertz CT molecular complexity index is 3000. The van der Waals surface area contributed by atoms with E-state index in [0.29, 0.717) is 35.9 Å². The van der Waals surface area contributed by atoms with Gasteiger partial charge < -0.3 is 84.5 Å². The van der Waals surface area contributed by atoms with Gasteiger partial charge in [-0.15, -0.1) is 0 Å². The number of hydrogen-bond donors (Lipinski definition) is 15. The predicted molar refractivity (Wildman–Crippen MR) is 318 cm³/mol. The number of likely N-dealkylation sites (tertiary alicyclic amines) is 1. The number of carbonyl (C=O) groups is 11. The molecule has 3 aliphatic rings. The number of carboxylic acid groups (broad SMARTS) is 1. The summed E-state index contributed by atoms with van der Waals surface area (Å²) in [6, 6.07) is 2.29. The number of hydrogen-bond acceptors (Lipinski definition) is 16. The first kappa shape index (κ1) is 68.3. The lowest BCUT2D eigenvalue weighted by molar-refractivity contribution is -0.142. The van der Waals surface area contributed by atoms with E-state index in [0.717, 1.165) is 12.4 Å². The Morgan fingerprint density at radius 1 is 0.782 bits per heavy atom. The van der Waals surface area contributed by atoms with Crippen molar-refractivity contribution < 1.29 is 68.1 Å². The molecule has 472 valence electrons. The summed E-state index contributed by atoms with van der Waals surface area (Å²) in [6.07, 6.45) is 5.74. The minimum Gasteiger partial charge on any atom is -0.508 e. The molecular formula is C57H80N16O14. The van der Waals surface area contributed by atoms with Crippen molar-refractivity contribution in [1.29, 1.82) is 0 Å². The largest absolute Gasteiger partial charge is 0.508 e. The van der Waals surface area contributed by atoms with Crippen LogP contribution < -0.4 is 59.3 Å². The van der Waals surface area contributed by atoms with Gasteiger partial charge in [0.2, 0.25) is 59.1 Å². The Kier molecular flexibility index (Phi) is 26.6. The van der Waals surface area contributed by atoms with Crippen molar-refractivity contribution in [2.24, 2.45) is 32.4 Å². The first-order chi connectivity index (χ1) is 41.5. The van der Waals surface area contributed by atoms with E-state index in [1.165, 1.54) is 41.7 Å². The first-order valence-electron chi connectivity index (χ1n) is 28.7. The summed E-state index contributed by atoms with van der Waals surface area (Å²) in [5, 5.41) is 52.4. The van der Waals surface area contributed by atoms with Crippen molar-refractivity contribution in [2.75, 3.05) is 32.8 Å². The van der Waals surface area contributed by atoms with E-state index < -0.39 is 121 Å². The normalized spacial score (nSPS) is 17.8. The Morgan fingerprint density at radius 3 is 2.06 bits per heavy atom. The van der Waals surface area contributed by atoms with Gasteiger partial charge in [0.05, 0.1) is 19.2 Å². The number of nitrogens with zero attached hydrogens (tertiary/aromatic N) is 4. The maximum Gasteiger partial charge on any atom is 0.300 e. The molecule has 0 bridgehead atoms. The Labute approximate surface area is 501 Å². The Balaban J connectivity index is 0.00000334. The number of aromatic amines is 1. The maximum atomic E-state index is 14.4. The molecule has 30 nitrogen and oxygen atoms in total. The van der Waals surface area contributed by atoms with Gasteiger partial charge >= 0.3 is 0 Å². The zero-order valence-electron chi connectivity index (χ0n) is 49.0. The third-order valence-corrected chi connectivity index (χ3v) is 14.1. The number of rotatable bonds is 30. The number of aliphatic hydroxyl groups is 1. The molecule has 9 unspecified atom stereocenters. The number of para-hydroxylation sites is 1. The van der Waals surface area contributed by atoms with Crippen molar-refractivity contribution in [2.45, 2.75) is 146 Å². The molecule has 2 fully saturated rings. The molecule has 30 heteroatoms. The summed E-state index contributed by atoms with van der Waals surface area (Å²) in [7, 11) is 0. The molecule has 3 aliphatic heterocycles. The topological polar surface area (TPSA) is 465 Å². The highest BCUT2D eigenvalue weighted by atomic mass is 16.4. The van der Waals surface area contributed by atoms with Gasteiger partial charge in [-0.3, -0.25) is 62.7 Å². The molecule has 2 aromatic carbocycles. The number of aromatic nitrogens is 1. The van der Waals surface area contributed by atoms with E-state index in [1.807, 2.05) is 13.8 Å². The third-order valence-electron chi connectivity index (χ3n) is 14.1. The van der Waals surface area contributed by atoms with E-state index >= 15 is 0 Å². The summed E-state index contributed by atoms with van der Waals surface area (Å²) < 4.78 is 0. The molecule has 1 aromatic heterocycles. The summed E-state index contributed by atoms with van der Waals surface area (Å²) in [5.41, 5.74) is 12.7. The van der Waals surface area contributed by atoms with Gasteiger partial charge in [-0.25, -0.2) is 4.99 Å². The molecule has 9 atom stereocenters. The number of phenolic OH excluding ortho intramolecular Hbond substituents is 1. The highest BCUT2D eigenvalue weighted by Crippen LogP contribution is 2.22. The molecule has 0 saturated carbocycles. The fourth-order valence-electron chi connectivity index (χ4n) is 9.86. The summed E-state index contributed by atoms with van der Waals surface area (Å²) in [6.45, 7) is 5.55. The van der Waals surface area contributed by atoms with Crippen LogP contribution in [0.1, 0.15) is 90.2 Å². The SMILES string of the molecule is CC(=O)O.CCNC(=O)C1CCCN1C(=O)C(CCCN=C(N)N)NC(=O)C(CC(C)C)NC(=O)CNC(=O)C(Cc1ccc(O)cc1)NC(=O)C(CO)NC(=O)C(Cc1c[nH]c2ccccc12)NC(=O)C(CC1C=NC=N1)NC(=O)C1CCC(=O)N1. The van der Waals surface area contributed by atoms with Crippen LogP contribution >= 0.6 is 0 Å². The second kappa shape index (κ2) is 33.9. The monoisotopic (exact) mass is 1210 g/mol. The number of H-pyrrole nitrogens is 1. The smallest absolute Gasteiger partial charge is 0.300 e. The van der Waals surface area contributed by atoms with Gasteiger partial charge in [0, 0.05) is 75.6 Å². The van der Waals surface area contributed by atoms with Gasteiger partial charge in [0.15, 0.2) is 5.96 Å². The lowest BCUT2D eigenvalue weighted by atomic mass is 10.0. The number of carboxylic acids is 1. The highest BCUT2D eigenvalue weighted by Gasteiger charge is 2.39. The lowest BCUT2D eigenvalue weighted by Crippen LogP contribution is -2.60. The van der Waals surface area contributed by atoms with Crippen LogP contribution in [-0.2, 0) is 65.6 Å². The lowest BCUT2D eigenvalue weighted by Gasteiger charge is -2.30.